The fourth-order valence-corrected chi connectivity index (χ4v) is 7.15. The van der Waals surface area contributed by atoms with Gasteiger partial charge >= 0.3 is 0 Å². The Hall–Kier alpha value is -3.15. The van der Waals surface area contributed by atoms with Crippen molar-refractivity contribution in [2.75, 3.05) is 27.8 Å². The fourth-order valence-electron chi connectivity index (χ4n) is 7.15. The normalized spacial score (nSPS) is 32.1. The van der Waals surface area contributed by atoms with E-state index in [0.717, 1.165) is 33.5 Å². The predicted octanol–water partition coefficient (Wildman–Crippen LogP) is 2.21. The molecule has 1 fully saturated rings. The van der Waals surface area contributed by atoms with Crippen molar-refractivity contribution in [2.45, 2.75) is 56.9 Å². The van der Waals surface area contributed by atoms with Gasteiger partial charge < -0.3 is 14.6 Å². The third-order valence-corrected chi connectivity index (χ3v) is 8.50. The number of aliphatic imine (C=N–C) groups is 1. The molecule has 4 heterocycles. The number of aromatic hydroxyl groups is 1. The molecule has 1 aromatic carbocycles. The predicted molar refractivity (Wildman–Crippen MR) is 125 cm³/mol. The number of likely N-dealkylation sites (N-methyl/N-ethyl adjacent to an activating group) is 1. The van der Waals surface area contributed by atoms with Gasteiger partial charge in [0.05, 0.1) is 38.9 Å². The number of nitrogens with zero attached hydrogens (tertiary/aromatic N) is 4. The Morgan fingerprint density at radius 2 is 1.97 bits per heavy atom. The average Bonchev–Trinajstić information content (AvgIpc) is 3.24. The minimum atomic E-state index is -0.356. The third kappa shape index (κ3) is 2.44. The number of ketones is 1. The molecule has 0 saturated carbocycles. The first-order valence-corrected chi connectivity index (χ1v) is 11.7. The number of Topliss-reactive ketones (excluding diaryl/α,β-unsaturated/α-hetero) is 1. The standard InChI is InChI=1S/C26H28N4O4/c1-11-6-13-7-15-17(9-27)30-16(22(29(15)3)19(13)24(32)25(11)33-4)8-14-20-18(30)10-28-21(20)26(34-5)12(2)23(14)31/h6,15-18,22,32H,7-8,10H2,1-5H3/t15-,16?,17-,18?,22?/m0/s1. The SMILES string of the molecule is COC1=C(C)C(=O)C2=C3C1=NCC3N1C(C2)C2c3c(cc(C)c(OC)c3O)C[C@@H]([C@@H]1C#N)N2C. The van der Waals surface area contributed by atoms with Crippen LogP contribution >= 0.6 is 0 Å². The molecule has 2 bridgehead atoms. The van der Waals surface area contributed by atoms with E-state index in [4.69, 9.17) is 14.5 Å². The van der Waals surface area contributed by atoms with Gasteiger partial charge in [0.15, 0.2) is 23.0 Å². The van der Waals surface area contributed by atoms with Crippen molar-refractivity contribution in [2.24, 2.45) is 4.99 Å². The molecule has 1 saturated heterocycles. The Morgan fingerprint density at radius 3 is 2.65 bits per heavy atom. The molecular weight excluding hydrogens is 432 g/mol. The Bertz CT molecular complexity index is 1290. The van der Waals surface area contributed by atoms with Crippen LogP contribution in [0, 0.1) is 18.3 Å². The maximum atomic E-state index is 13.5. The summed E-state index contributed by atoms with van der Waals surface area (Å²) in [6, 6.07) is 3.81. The maximum absolute atomic E-state index is 13.5. The number of ether oxygens (including phenoxy) is 2. The van der Waals surface area contributed by atoms with Gasteiger partial charge in [-0.25, -0.2) is 0 Å². The molecule has 1 aliphatic carbocycles. The molecule has 176 valence electrons. The molecule has 1 N–H and O–H groups in total. The number of piperazine rings is 1. The molecule has 8 nitrogen and oxygen atoms in total. The average molecular weight is 461 g/mol. The summed E-state index contributed by atoms with van der Waals surface area (Å²) in [5.41, 5.74) is 5.83. The van der Waals surface area contributed by atoms with Crippen LogP contribution in [-0.4, -0.2) is 78.4 Å². The molecular formula is C26H28N4O4. The summed E-state index contributed by atoms with van der Waals surface area (Å²) in [4.78, 5) is 22.8. The van der Waals surface area contributed by atoms with E-state index in [-0.39, 0.29) is 41.7 Å². The summed E-state index contributed by atoms with van der Waals surface area (Å²) >= 11 is 0. The summed E-state index contributed by atoms with van der Waals surface area (Å²) in [5, 5.41) is 21.7. The van der Waals surface area contributed by atoms with Crippen LogP contribution in [0.2, 0.25) is 0 Å². The highest BCUT2D eigenvalue weighted by atomic mass is 16.5. The number of carbonyl (C=O) groups is 1. The van der Waals surface area contributed by atoms with Crippen LogP contribution in [0.5, 0.6) is 11.5 Å². The molecule has 0 radical (unpaired) electrons. The number of benzene rings is 1. The number of aryl methyl sites for hydroxylation is 1. The molecule has 1 aromatic rings. The molecule has 5 aliphatic rings. The molecule has 0 amide bonds. The van der Waals surface area contributed by atoms with Gasteiger partial charge in [-0.05, 0) is 44.9 Å². The minimum absolute atomic E-state index is 0.00243. The number of phenolic OH excluding ortho intramolecular Hbond substituents is 1. The summed E-state index contributed by atoms with van der Waals surface area (Å²) < 4.78 is 11.1. The first-order chi connectivity index (χ1) is 16.3. The second-order valence-corrected chi connectivity index (χ2v) is 9.91. The summed E-state index contributed by atoms with van der Waals surface area (Å²) in [7, 11) is 5.18. The van der Waals surface area contributed by atoms with E-state index < -0.39 is 0 Å². The molecule has 5 atom stereocenters. The number of hydrogen-bond donors (Lipinski definition) is 1. The molecule has 0 aromatic heterocycles. The van der Waals surface area contributed by atoms with Gasteiger partial charge in [0.1, 0.15) is 11.8 Å². The highest BCUT2D eigenvalue weighted by Gasteiger charge is 2.58. The largest absolute Gasteiger partial charge is 0.504 e. The van der Waals surface area contributed by atoms with Crippen LogP contribution in [0.4, 0.5) is 0 Å². The number of carbonyl (C=O) groups excluding carboxylic acids is 1. The van der Waals surface area contributed by atoms with Crippen LogP contribution in [-0.2, 0) is 16.0 Å². The second kappa shape index (κ2) is 7.17. The van der Waals surface area contributed by atoms with Crippen molar-refractivity contribution >= 4 is 11.5 Å². The van der Waals surface area contributed by atoms with E-state index in [0.29, 0.717) is 36.5 Å². The van der Waals surface area contributed by atoms with Crippen LogP contribution in [0.1, 0.15) is 36.1 Å². The van der Waals surface area contributed by atoms with E-state index >= 15 is 0 Å². The lowest BCUT2D eigenvalue weighted by atomic mass is 9.70. The molecule has 4 aliphatic heterocycles. The van der Waals surface area contributed by atoms with Gasteiger partial charge in [-0.1, -0.05) is 6.07 Å². The zero-order valence-electron chi connectivity index (χ0n) is 20.0. The first kappa shape index (κ1) is 21.4. The number of methoxy groups -OCH3 is 2. The van der Waals surface area contributed by atoms with E-state index in [2.05, 4.69) is 21.9 Å². The molecule has 0 spiro atoms. The zero-order valence-corrected chi connectivity index (χ0v) is 20.0. The zero-order chi connectivity index (χ0) is 24.0. The van der Waals surface area contributed by atoms with E-state index in [9.17, 15) is 15.2 Å². The Balaban J connectivity index is 1.55. The number of fused-ring (bicyclic) bond motifs is 7. The Morgan fingerprint density at radius 1 is 1.21 bits per heavy atom. The van der Waals surface area contributed by atoms with Crippen LogP contribution < -0.4 is 4.74 Å². The highest BCUT2D eigenvalue weighted by molar-refractivity contribution is 6.27. The van der Waals surface area contributed by atoms with Gasteiger partial charge in [0.25, 0.3) is 0 Å². The lowest BCUT2D eigenvalue weighted by molar-refractivity contribution is -0.114. The molecule has 34 heavy (non-hydrogen) atoms. The van der Waals surface area contributed by atoms with Gasteiger partial charge in [0.2, 0.25) is 0 Å². The van der Waals surface area contributed by atoms with Crippen molar-refractivity contribution in [3.8, 4) is 17.6 Å². The monoisotopic (exact) mass is 460 g/mol. The van der Waals surface area contributed by atoms with Crippen molar-refractivity contribution in [3.05, 3.63) is 45.2 Å². The summed E-state index contributed by atoms with van der Waals surface area (Å²) in [6.45, 7) is 4.22. The lowest BCUT2D eigenvalue weighted by Gasteiger charge is -2.59. The lowest BCUT2D eigenvalue weighted by Crippen LogP contribution is -2.70. The molecule has 8 heteroatoms. The van der Waals surface area contributed by atoms with Crippen molar-refractivity contribution in [1.29, 1.82) is 5.26 Å². The number of allylic oxidation sites excluding steroid dienone is 2. The number of hydrogen-bond acceptors (Lipinski definition) is 8. The number of nitriles is 1. The van der Waals surface area contributed by atoms with Gasteiger partial charge in [-0.3, -0.25) is 19.6 Å². The summed E-state index contributed by atoms with van der Waals surface area (Å²) in [6.07, 6.45) is 1.16. The topological polar surface area (TPSA) is 98.4 Å². The van der Waals surface area contributed by atoms with Crippen molar-refractivity contribution < 1.29 is 19.4 Å². The Kier molecular flexibility index (Phi) is 4.51. The van der Waals surface area contributed by atoms with Gasteiger partial charge in [0, 0.05) is 34.4 Å². The van der Waals surface area contributed by atoms with Crippen molar-refractivity contribution in [3.63, 3.8) is 0 Å². The van der Waals surface area contributed by atoms with Crippen molar-refractivity contribution in [1.82, 2.24) is 9.80 Å². The molecule has 6 rings (SSSR count). The van der Waals surface area contributed by atoms with Gasteiger partial charge in [-0.15, -0.1) is 0 Å². The number of phenols is 1. The van der Waals surface area contributed by atoms with E-state index in [1.807, 2.05) is 14.0 Å². The minimum Gasteiger partial charge on any atom is -0.504 e. The smallest absolute Gasteiger partial charge is 0.188 e. The second-order valence-electron chi connectivity index (χ2n) is 9.91. The van der Waals surface area contributed by atoms with Crippen LogP contribution in [0.15, 0.2) is 33.5 Å². The van der Waals surface area contributed by atoms with Crippen LogP contribution in [0.25, 0.3) is 0 Å². The van der Waals surface area contributed by atoms with Crippen LogP contribution in [0.3, 0.4) is 0 Å². The molecule has 3 unspecified atom stereocenters. The Labute approximate surface area is 198 Å². The highest BCUT2D eigenvalue weighted by Crippen LogP contribution is 2.54. The third-order valence-electron chi connectivity index (χ3n) is 8.50. The van der Waals surface area contributed by atoms with E-state index in [1.54, 1.807) is 21.1 Å². The quantitative estimate of drug-likeness (QED) is 0.676. The van der Waals surface area contributed by atoms with E-state index in [1.165, 1.54) is 0 Å². The first-order valence-electron chi connectivity index (χ1n) is 11.7. The van der Waals surface area contributed by atoms with Gasteiger partial charge in [-0.2, -0.15) is 5.26 Å². The summed E-state index contributed by atoms with van der Waals surface area (Å²) in [5.74, 6) is 1.20. The fraction of sp³-hybridized carbons (Fsp3) is 0.500. The number of rotatable bonds is 2. The maximum Gasteiger partial charge on any atom is 0.188 e.